The average Bonchev–Trinajstić information content (AvgIpc) is 2.40. The molecule has 0 aliphatic carbocycles. The molecule has 0 radical (unpaired) electrons. The number of nitrogens with two attached hydrogens (primary N) is 1. The summed E-state index contributed by atoms with van der Waals surface area (Å²) in [6, 6.07) is 11.4. The molecular weight excluding hydrogens is 228 g/mol. The molecule has 0 unspecified atom stereocenters. The number of hydrogen-bond donors (Lipinski definition) is 1. The third-order valence-electron chi connectivity index (χ3n) is 2.44. The molecule has 2 aromatic rings. The van der Waals surface area contributed by atoms with Gasteiger partial charge in [-0.2, -0.15) is 4.98 Å². The third-order valence-corrected chi connectivity index (χ3v) is 2.44. The van der Waals surface area contributed by atoms with Gasteiger partial charge in [0.05, 0.1) is 6.54 Å². The quantitative estimate of drug-likeness (QED) is 0.865. The molecule has 1 aromatic carbocycles. The summed E-state index contributed by atoms with van der Waals surface area (Å²) in [5, 5.41) is 0. The first-order valence-corrected chi connectivity index (χ1v) is 5.73. The second kappa shape index (κ2) is 5.86. The lowest BCUT2D eigenvalue weighted by Crippen LogP contribution is -2.25. The van der Waals surface area contributed by atoms with Crippen LogP contribution in [0, 0.1) is 0 Å². The Bertz CT molecular complexity index is 489. The van der Waals surface area contributed by atoms with Crippen molar-refractivity contribution in [3.8, 4) is 5.75 Å². The van der Waals surface area contributed by atoms with E-state index >= 15 is 0 Å². The Morgan fingerprint density at radius 2 is 2.00 bits per heavy atom. The molecule has 18 heavy (non-hydrogen) atoms. The third kappa shape index (κ3) is 3.35. The molecule has 0 saturated carbocycles. The van der Waals surface area contributed by atoms with E-state index in [-0.39, 0.29) is 0 Å². The molecule has 0 atom stereocenters. The van der Waals surface area contributed by atoms with Gasteiger partial charge in [-0.3, -0.25) is 0 Å². The summed E-state index contributed by atoms with van der Waals surface area (Å²) in [7, 11) is 1.91. The van der Waals surface area contributed by atoms with E-state index in [9.17, 15) is 0 Å². The van der Waals surface area contributed by atoms with Crippen LogP contribution in [0.3, 0.4) is 0 Å². The van der Waals surface area contributed by atoms with Gasteiger partial charge in [-0.25, -0.2) is 4.98 Å². The highest BCUT2D eigenvalue weighted by Gasteiger charge is 2.04. The smallest absolute Gasteiger partial charge is 0.227 e. The first kappa shape index (κ1) is 12.2. The molecule has 5 heteroatoms. The van der Waals surface area contributed by atoms with Crippen molar-refractivity contribution < 1.29 is 4.74 Å². The standard InChI is InChI=1S/C13H16N4O/c1-17(13-15-8-7-12(14)16-13)9-10-18-11-5-3-2-4-6-11/h2-8H,9-10H2,1H3,(H2,14,15,16). The summed E-state index contributed by atoms with van der Waals surface area (Å²) >= 11 is 0. The highest BCUT2D eigenvalue weighted by Crippen LogP contribution is 2.09. The molecule has 0 spiro atoms. The molecule has 0 aliphatic rings. The van der Waals surface area contributed by atoms with Crippen molar-refractivity contribution in [2.24, 2.45) is 0 Å². The van der Waals surface area contributed by atoms with Gasteiger partial charge in [-0.05, 0) is 18.2 Å². The molecule has 5 nitrogen and oxygen atoms in total. The summed E-state index contributed by atoms with van der Waals surface area (Å²) < 4.78 is 5.60. The Hall–Kier alpha value is -2.30. The van der Waals surface area contributed by atoms with Crippen LogP contribution in [0.5, 0.6) is 5.75 Å². The van der Waals surface area contributed by atoms with Gasteiger partial charge in [0.1, 0.15) is 18.2 Å². The summed E-state index contributed by atoms with van der Waals surface area (Å²) in [6.45, 7) is 1.26. The van der Waals surface area contributed by atoms with Crippen molar-refractivity contribution in [3.63, 3.8) is 0 Å². The average molecular weight is 244 g/mol. The maximum Gasteiger partial charge on any atom is 0.227 e. The zero-order valence-electron chi connectivity index (χ0n) is 10.3. The van der Waals surface area contributed by atoms with Crippen molar-refractivity contribution >= 4 is 11.8 Å². The maximum absolute atomic E-state index is 5.61. The lowest BCUT2D eigenvalue weighted by Gasteiger charge is -2.17. The maximum atomic E-state index is 5.61. The second-order valence-corrected chi connectivity index (χ2v) is 3.86. The molecule has 1 heterocycles. The zero-order chi connectivity index (χ0) is 12.8. The van der Waals surface area contributed by atoms with Crippen molar-refractivity contribution in [2.75, 3.05) is 30.8 Å². The van der Waals surface area contributed by atoms with Crippen molar-refractivity contribution in [3.05, 3.63) is 42.6 Å². The van der Waals surface area contributed by atoms with E-state index in [0.717, 1.165) is 5.75 Å². The van der Waals surface area contributed by atoms with Crippen LogP contribution in [-0.4, -0.2) is 30.2 Å². The number of ether oxygens (including phenoxy) is 1. The number of nitrogens with zero attached hydrogens (tertiary/aromatic N) is 3. The molecule has 2 N–H and O–H groups in total. The van der Waals surface area contributed by atoms with E-state index < -0.39 is 0 Å². The normalized spacial score (nSPS) is 10.1. The van der Waals surface area contributed by atoms with Gasteiger partial charge >= 0.3 is 0 Å². The van der Waals surface area contributed by atoms with Crippen LogP contribution in [0.2, 0.25) is 0 Å². The van der Waals surface area contributed by atoms with E-state index in [0.29, 0.717) is 24.9 Å². The van der Waals surface area contributed by atoms with Crippen LogP contribution < -0.4 is 15.4 Å². The molecule has 94 valence electrons. The molecule has 2 rings (SSSR count). The molecule has 0 amide bonds. The number of benzene rings is 1. The Kier molecular flexibility index (Phi) is 3.96. The van der Waals surface area contributed by atoms with Gasteiger partial charge in [0, 0.05) is 13.2 Å². The number of likely N-dealkylation sites (N-methyl/N-ethyl adjacent to an activating group) is 1. The summed E-state index contributed by atoms with van der Waals surface area (Å²) in [5.41, 5.74) is 5.61. The van der Waals surface area contributed by atoms with E-state index in [4.69, 9.17) is 10.5 Å². The minimum Gasteiger partial charge on any atom is -0.492 e. The highest BCUT2D eigenvalue weighted by atomic mass is 16.5. The van der Waals surface area contributed by atoms with Crippen molar-refractivity contribution in [2.45, 2.75) is 0 Å². The van der Waals surface area contributed by atoms with Crippen LogP contribution in [0.15, 0.2) is 42.6 Å². The molecule has 1 aromatic heterocycles. The highest BCUT2D eigenvalue weighted by molar-refractivity contribution is 5.36. The Morgan fingerprint density at radius 1 is 1.22 bits per heavy atom. The zero-order valence-corrected chi connectivity index (χ0v) is 10.3. The Balaban J connectivity index is 1.83. The van der Waals surface area contributed by atoms with Gasteiger partial charge in [0.25, 0.3) is 0 Å². The van der Waals surface area contributed by atoms with Crippen LogP contribution >= 0.6 is 0 Å². The number of hydrogen-bond acceptors (Lipinski definition) is 5. The largest absolute Gasteiger partial charge is 0.492 e. The Morgan fingerprint density at radius 3 is 2.72 bits per heavy atom. The first-order valence-electron chi connectivity index (χ1n) is 5.73. The van der Waals surface area contributed by atoms with E-state index in [2.05, 4.69) is 9.97 Å². The Labute approximate surface area is 106 Å². The summed E-state index contributed by atoms with van der Waals surface area (Å²) in [5.74, 6) is 1.93. The van der Waals surface area contributed by atoms with E-state index in [1.807, 2.05) is 42.3 Å². The van der Waals surface area contributed by atoms with E-state index in [1.165, 1.54) is 0 Å². The number of anilines is 2. The fourth-order valence-electron chi connectivity index (χ4n) is 1.46. The fourth-order valence-corrected chi connectivity index (χ4v) is 1.46. The number of nitrogen functional groups attached to an aromatic ring is 1. The number of para-hydroxylation sites is 1. The SMILES string of the molecule is CN(CCOc1ccccc1)c1nccc(N)n1. The minimum absolute atomic E-state index is 0.468. The van der Waals surface area contributed by atoms with Gasteiger partial charge in [-0.1, -0.05) is 18.2 Å². The lowest BCUT2D eigenvalue weighted by molar-refractivity contribution is 0.325. The van der Waals surface area contributed by atoms with Gasteiger partial charge in [0.15, 0.2) is 0 Å². The minimum atomic E-state index is 0.468. The monoisotopic (exact) mass is 244 g/mol. The molecule has 0 saturated heterocycles. The lowest BCUT2D eigenvalue weighted by atomic mass is 10.3. The molecular formula is C13H16N4O. The number of aromatic nitrogens is 2. The number of rotatable bonds is 5. The van der Waals surface area contributed by atoms with Crippen LogP contribution in [0.1, 0.15) is 0 Å². The predicted octanol–water partition coefficient (Wildman–Crippen LogP) is 1.57. The van der Waals surface area contributed by atoms with Crippen LogP contribution in [0.4, 0.5) is 11.8 Å². The van der Waals surface area contributed by atoms with Crippen LogP contribution in [0.25, 0.3) is 0 Å². The van der Waals surface area contributed by atoms with Gasteiger partial charge < -0.3 is 15.4 Å². The second-order valence-electron chi connectivity index (χ2n) is 3.86. The summed E-state index contributed by atoms with van der Waals surface area (Å²) in [6.07, 6.45) is 1.65. The summed E-state index contributed by atoms with van der Waals surface area (Å²) in [4.78, 5) is 10.2. The molecule has 0 fully saturated rings. The van der Waals surface area contributed by atoms with Crippen molar-refractivity contribution in [1.82, 2.24) is 9.97 Å². The van der Waals surface area contributed by atoms with Crippen LogP contribution in [-0.2, 0) is 0 Å². The first-order chi connectivity index (χ1) is 8.75. The molecule has 0 bridgehead atoms. The van der Waals surface area contributed by atoms with Crippen molar-refractivity contribution in [1.29, 1.82) is 0 Å². The molecule has 0 aliphatic heterocycles. The fraction of sp³-hybridized carbons (Fsp3) is 0.231. The predicted molar refractivity (Wildman–Crippen MR) is 71.7 cm³/mol. The van der Waals surface area contributed by atoms with Gasteiger partial charge in [0.2, 0.25) is 5.95 Å². The topological polar surface area (TPSA) is 64.3 Å². The van der Waals surface area contributed by atoms with E-state index in [1.54, 1.807) is 12.3 Å². The van der Waals surface area contributed by atoms with Gasteiger partial charge in [-0.15, -0.1) is 0 Å².